The number of carbonyl (C=O) groups excluding carboxylic acids is 1. The zero-order valence-electron chi connectivity index (χ0n) is 14.9. The Labute approximate surface area is 167 Å². The van der Waals surface area contributed by atoms with E-state index < -0.39 is 31.5 Å². The first-order valence-corrected chi connectivity index (χ1v) is 9.89. The fraction of sp³-hybridized carbons (Fsp3) is 0.167. The lowest BCUT2D eigenvalue weighted by atomic mass is 10.2. The highest BCUT2D eigenvalue weighted by Crippen LogP contribution is 2.32. The van der Waals surface area contributed by atoms with E-state index in [4.69, 9.17) is 16.3 Å². The lowest BCUT2D eigenvalue weighted by molar-refractivity contribution is -0.387. The third-order valence-electron chi connectivity index (χ3n) is 3.66. The largest absolute Gasteiger partial charge is 0.462 e. The van der Waals surface area contributed by atoms with Crippen molar-refractivity contribution in [3.63, 3.8) is 0 Å². The average molecular weight is 425 g/mol. The van der Waals surface area contributed by atoms with Crippen molar-refractivity contribution in [2.75, 3.05) is 17.5 Å². The minimum atomic E-state index is -4.33. The predicted octanol–water partition coefficient (Wildman–Crippen LogP) is 3.81. The van der Waals surface area contributed by atoms with Crippen LogP contribution in [0, 0.1) is 10.1 Å². The van der Waals surface area contributed by atoms with Crippen LogP contribution < -0.4 is 4.31 Å². The molecule has 0 aromatic heterocycles. The normalized spacial score (nSPS) is 10.9. The molecule has 0 saturated carbocycles. The number of benzene rings is 2. The van der Waals surface area contributed by atoms with Crippen molar-refractivity contribution in [1.29, 1.82) is 0 Å². The van der Waals surface area contributed by atoms with Crippen molar-refractivity contribution in [1.82, 2.24) is 0 Å². The van der Waals surface area contributed by atoms with Gasteiger partial charge in [-0.05, 0) is 31.2 Å². The molecule has 0 radical (unpaired) electrons. The number of ether oxygens (including phenoxy) is 1. The Kier molecular flexibility index (Phi) is 6.76. The maximum Gasteiger partial charge on any atom is 0.339 e. The summed E-state index contributed by atoms with van der Waals surface area (Å²) < 4.78 is 32.2. The van der Waals surface area contributed by atoms with E-state index in [1.807, 2.05) is 0 Å². The number of nitrogens with zero attached hydrogens (tertiary/aromatic N) is 2. The van der Waals surface area contributed by atoms with E-state index in [0.29, 0.717) is 0 Å². The number of sulfonamides is 1. The molecule has 2 rings (SSSR count). The van der Waals surface area contributed by atoms with Gasteiger partial charge in [0.1, 0.15) is 0 Å². The number of hydrogen-bond donors (Lipinski definition) is 0. The van der Waals surface area contributed by atoms with Crippen molar-refractivity contribution >= 4 is 39.0 Å². The van der Waals surface area contributed by atoms with Gasteiger partial charge in [0.15, 0.2) is 4.90 Å². The standard InChI is InChI=1S/C18H17ClN2O6S/c1-3-11-20(13-9-10-15(19)14(12-13)18(22)27-4-2)28(25,26)17-8-6-5-7-16(17)21(23)24/h3,5-10,12H,1,4,11H2,2H3. The molecule has 0 aliphatic carbocycles. The van der Waals surface area contributed by atoms with Crippen LogP contribution in [-0.4, -0.2) is 32.5 Å². The molecule has 0 heterocycles. The molecule has 0 aliphatic heterocycles. The number of nitro groups is 1. The average Bonchev–Trinajstić information content (AvgIpc) is 2.66. The molecule has 28 heavy (non-hydrogen) atoms. The van der Waals surface area contributed by atoms with Gasteiger partial charge in [0.05, 0.1) is 34.3 Å². The molecule has 8 nitrogen and oxygen atoms in total. The summed E-state index contributed by atoms with van der Waals surface area (Å²) in [7, 11) is -4.33. The van der Waals surface area contributed by atoms with E-state index in [0.717, 1.165) is 16.4 Å². The third-order valence-corrected chi connectivity index (χ3v) is 5.83. The van der Waals surface area contributed by atoms with E-state index in [1.165, 1.54) is 36.4 Å². The number of esters is 1. The molecular weight excluding hydrogens is 408 g/mol. The van der Waals surface area contributed by atoms with E-state index in [-0.39, 0.29) is 29.4 Å². The van der Waals surface area contributed by atoms with Gasteiger partial charge in [-0.25, -0.2) is 13.2 Å². The second kappa shape index (κ2) is 8.85. The van der Waals surface area contributed by atoms with Crippen LogP contribution in [-0.2, 0) is 14.8 Å². The number of para-hydroxylation sites is 1. The summed E-state index contributed by atoms with van der Waals surface area (Å²) in [5.74, 6) is -0.712. The summed E-state index contributed by atoms with van der Waals surface area (Å²) in [4.78, 5) is 22.1. The molecule has 0 amide bonds. The van der Waals surface area contributed by atoms with Gasteiger partial charge in [0.25, 0.3) is 15.7 Å². The molecule has 0 N–H and O–H groups in total. The quantitative estimate of drug-likeness (QED) is 0.276. The highest BCUT2D eigenvalue weighted by molar-refractivity contribution is 7.93. The molecule has 0 atom stereocenters. The number of hydrogen-bond acceptors (Lipinski definition) is 6. The maximum absolute atomic E-state index is 13.2. The number of nitro benzene ring substituents is 1. The lowest BCUT2D eigenvalue weighted by Gasteiger charge is -2.23. The van der Waals surface area contributed by atoms with Crippen molar-refractivity contribution in [2.24, 2.45) is 0 Å². The molecule has 148 valence electrons. The highest BCUT2D eigenvalue weighted by atomic mass is 35.5. The molecule has 0 aliphatic rings. The van der Waals surface area contributed by atoms with Gasteiger partial charge in [-0.1, -0.05) is 29.8 Å². The Morgan fingerprint density at radius 2 is 2.00 bits per heavy atom. The summed E-state index contributed by atoms with van der Waals surface area (Å²) in [6, 6.07) is 9.01. The minimum absolute atomic E-state index is 0.0205. The number of halogens is 1. The van der Waals surface area contributed by atoms with Crippen molar-refractivity contribution in [2.45, 2.75) is 11.8 Å². The number of rotatable bonds is 8. The fourth-order valence-corrected chi connectivity index (χ4v) is 4.22. The first kappa shape index (κ1) is 21.4. The molecule has 0 spiro atoms. The summed E-state index contributed by atoms with van der Waals surface area (Å²) in [5.41, 5.74) is -0.491. The number of anilines is 1. The second-order valence-electron chi connectivity index (χ2n) is 5.43. The predicted molar refractivity (Wildman–Crippen MR) is 105 cm³/mol. The Balaban J connectivity index is 2.63. The van der Waals surface area contributed by atoms with Gasteiger partial charge in [0, 0.05) is 6.07 Å². The topological polar surface area (TPSA) is 107 Å². The minimum Gasteiger partial charge on any atom is -0.462 e. The van der Waals surface area contributed by atoms with Gasteiger partial charge >= 0.3 is 5.97 Å². The monoisotopic (exact) mass is 424 g/mol. The van der Waals surface area contributed by atoms with Gasteiger partial charge in [-0.3, -0.25) is 14.4 Å². The SMILES string of the molecule is C=CCN(c1ccc(Cl)c(C(=O)OCC)c1)S(=O)(=O)c1ccccc1[N+](=O)[O-]. The maximum atomic E-state index is 13.2. The highest BCUT2D eigenvalue weighted by Gasteiger charge is 2.31. The summed E-state index contributed by atoms with van der Waals surface area (Å²) >= 11 is 6.03. The van der Waals surface area contributed by atoms with Crippen LogP contribution in [0.5, 0.6) is 0 Å². The van der Waals surface area contributed by atoms with Crippen molar-refractivity contribution in [3.8, 4) is 0 Å². The van der Waals surface area contributed by atoms with Gasteiger partial charge < -0.3 is 4.74 Å². The van der Waals surface area contributed by atoms with Crippen LogP contribution in [0.1, 0.15) is 17.3 Å². The Bertz CT molecular complexity index is 1020. The van der Waals surface area contributed by atoms with E-state index in [1.54, 1.807) is 6.92 Å². The van der Waals surface area contributed by atoms with E-state index in [2.05, 4.69) is 6.58 Å². The van der Waals surface area contributed by atoms with Crippen LogP contribution in [0.2, 0.25) is 5.02 Å². The van der Waals surface area contributed by atoms with E-state index >= 15 is 0 Å². The van der Waals surface area contributed by atoms with Crippen molar-refractivity contribution < 1.29 is 22.9 Å². The molecule has 0 bridgehead atoms. The van der Waals surface area contributed by atoms with Crippen LogP contribution in [0.25, 0.3) is 0 Å². The molecule has 2 aromatic rings. The zero-order valence-corrected chi connectivity index (χ0v) is 16.4. The van der Waals surface area contributed by atoms with Crippen LogP contribution in [0.3, 0.4) is 0 Å². The summed E-state index contributed by atoms with van der Waals surface area (Å²) in [5, 5.41) is 11.4. The Hall–Kier alpha value is -2.91. The zero-order chi connectivity index (χ0) is 20.9. The molecule has 10 heteroatoms. The lowest BCUT2D eigenvalue weighted by Crippen LogP contribution is -2.32. The second-order valence-corrected chi connectivity index (χ2v) is 7.67. The molecule has 0 unspecified atom stereocenters. The van der Waals surface area contributed by atoms with Gasteiger partial charge in [-0.2, -0.15) is 0 Å². The Morgan fingerprint density at radius 3 is 2.61 bits per heavy atom. The van der Waals surface area contributed by atoms with E-state index in [9.17, 15) is 23.3 Å². The number of carbonyl (C=O) groups is 1. The van der Waals surface area contributed by atoms with Crippen LogP contribution in [0.15, 0.2) is 60.0 Å². The summed E-state index contributed by atoms with van der Waals surface area (Å²) in [6.45, 7) is 5.09. The first-order chi connectivity index (χ1) is 13.2. The molecule has 2 aromatic carbocycles. The first-order valence-electron chi connectivity index (χ1n) is 8.07. The van der Waals surface area contributed by atoms with Gasteiger partial charge in [-0.15, -0.1) is 6.58 Å². The third kappa shape index (κ3) is 4.32. The summed E-state index contributed by atoms with van der Waals surface area (Å²) in [6.07, 6.45) is 1.32. The molecule has 0 saturated heterocycles. The Morgan fingerprint density at radius 1 is 1.32 bits per heavy atom. The van der Waals surface area contributed by atoms with Crippen molar-refractivity contribution in [3.05, 3.63) is 75.8 Å². The smallest absolute Gasteiger partial charge is 0.339 e. The van der Waals surface area contributed by atoms with Crippen LogP contribution >= 0.6 is 11.6 Å². The molecule has 0 fully saturated rings. The van der Waals surface area contributed by atoms with Crippen LogP contribution in [0.4, 0.5) is 11.4 Å². The molecular formula is C18H17ClN2O6S. The van der Waals surface area contributed by atoms with Gasteiger partial charge in [0.2, 0.25) is 0 Å². The fourth-order valence-electron chi connectivity index (χ4n) is 2.44.